The van der Waals surface area contributed by atoms with Crippen molar-refractivity contribution in [2.75, 3.05) is 5.73 Å². The van der Waals surface area contributed by atoms with Crippen LogP contribution in [0.5, 0.6) is 0 Å². The van der Waals surface area contributed by atoms with Crippen molar-refractivity contribution in [3.05, 3.63) is 45.6 Å². The van der Waals surface area contributed by atoms with Crippen molar-refractivity contribution in [1.82, 2.24) is 4.98 Å². The van der Waals surface area contributed by atoms with E-state index in [0.717, 1.165) is 5.69 Å². The van der Waals surface area contributed by atoms with E-state index in [2.05, 4.69) is 45.7 Å². The molecule has 0 amide bonds. The van der Waals surface area contributed by atoms with Crippen LogP contribution in [0.15, 0.2) is 12.1 Å². The van der Waals surface area contributed by atoms with Gasteiger partial charge in [-0.05, 0) is 87.1 Å². The van der Waals surface area contributed by atoms with Crippen LogP contribution in [0.3, 0.4) is 0 Å². The number of benzene rings is 1. The lowest BCUT2D eigenvalue weighted by Gasteiger charge is -2.20. The number of pyridine rings is 1. The number of hydrogen-bond donors (Lipinski definition) is 1. The molecule has 2 nitrogen and oxygen atoms in total. The molecule has 2 aromatic rings. The maximum Gasteiger partial charge on any atom is 0.123 e. The van der Waals surface area contributed by atoms with Gasteiger partial charge in [0, 0.05) is 11.3 Å². The van der Waals surface area contributed by atoms with E-state index in [-0.39, 0.29) is 0 Å². The van der Waals surface area contributed by atoms with E-state index < -0.39 is 0 Å². The fraction of sp³-hybridized carbons (Fsp3) is 0.353. The van der Waals surface area contributed by atoms with E-state index in [1.54, 1.807) is 0 Å². The Balaban J connectivity index is 2.83. The number of aryl methyl sites for hydroxylation is 1. The molecule has 0 atom stereocenters. The number of aromatic nitrogens is 1. The van der Waals surface area contributed by atoms with Crippen LogP contribution < -0.4 is 5.73 Å². The molecular weight excluding hydrogens is 232 g/mol. The van der Waals surface area contributed by atoms with Crippen molar-refractivity contribution in [2.24, 2.45) is 0 Å². The molecule has 0 radical (unpaired) electrons. The van der Waals surface area contributed by atoms with Crippen molar-refractivity contribution < 1.29 is 0 Å². The molecule has 1 aromatic carbocycles. The zero-order chi connectivity index (χ0) is 14.3. The summed E-state index contributed by atoms with van der Waals surface area (Å²) in [5, 5.41) is 0. The zero-order valence-electron chi connectivity index (χ0n) is 12.7. The smallest absolute Gasteiger partial charge is 0.123 e. The van der Waals surface area contributed by atoms with Crippen LogP contribution in [0.25, 0.3) is 11.1 Å². The predicted molar refractivity (Wildman–Crippen MR) is 82.5 cm³/mol. The van der Waals surface area contributed by atoms with Crippen LogP contribution in [0.2, 0.25) is 0 Å². The van der Waals surface area contributed by atoms with Gasteiger partial charge in [-0.2, -0.15) is 0 Å². The molecule has 0 saturated carbocycles. The van der Waals surface area contributed by atoms with E-state index >= 15 is 0 Å². The average molecular weight is 254 g/mol. The molecule has 0 bridgehead atoms. The highest BCUT2D eigenvalue weighted by atomic mass is 14.8. The molecule has 1 aromatic heterocycles. The number of rotatable bonds is 1. The van der Waals surface area contributed by atoms with E-state index in [0.29, 0.717) is 5.82 Å². The van der Waals surface area contributed by atoms with Gasteiger partial charge >= 0.3 is 0 Å². The second-order valence-corrected chi connectivity index (χ2v) is 5.37. The first-order valence-electron chi connectivity index (χ1n) is 6.65. The number of nitrogens with two attached hydrogens (primary N) is 1. The second kappa shape index (κ2) is 4.69. The topological polar surface area (TPSA) is 38.9 Å². The third-order valence-electron chi connectivity index (χ3n) is 4.38. The number of hydrogen-bond acceptors (Lipinski definition) is 2. The Morgan fingerprint density at radius 1 is 0.737 bits per heavy atom. The predicted octanol–water partition coefficient (Wildman–Crippen LogP) is 4.18. The standard InChI is InChI=1S/C17H22N2/c1-9-10(2)12(4)17(13(5)11(9)3)15-7-8-16(18)19-14(15)6/h7-8H,1-6H3,(H2,18,19). The number of nitrogen functional groups attached to an aromatic ring is 1. The lowest BCUT2D eigenvalue weighted by atomic mass is 9.86. The molecule has 0 aliphatic rings. The monoisotopic (exact) mass is 254 g/mol. The molecule has 0 unspecified atom stereocenters. The van der Waals surface area contributed by atoms with E-state index in [4.69, 9.17) is 5.73 Å². The van der Waals surface area contributed by atoms with Gasteiger partial charge in [-0.1, -0.05) is 0 Å². The Bertz CT molecular complexity index is 626. The first-order valence-corrected chi connectivity index (χ1v) is 6.65. The van der Waals surface area contributed by atoms with Gasteiger partial charge in [0.05, 0.1) is 0 Å². The molecule has 19 heavy (non-hydrogen) atoms. The fourth-order valence-electron chi connectivity index (χ4n) is 2.75. The minimum absolute atomic E-state index is 0.581. The van der Waals surface area contributed by atoms with Crippen LogP contribution in [-0.4, -0.2) is 4.98 Å². The van der Waals surface area contributed by atoms with Crippen molar-refractivity contribution in [2.45, 2.75) is 41.5 Å². The van der Waals surface area contributed by atoms with Gasteiger partial charge in [0.2, 0.25) is 0 Å². The van der Waals surface area contributed by atoms with Crippen molar-refractivity contribution in [3.63, 3.8) is 0 Å². The number of anilines is 1. The molecular formula is C17H22N2. The van der Waals surface area contributed by atoms with Gasteiger partial charge in [0.15, 0.2) is 0 Å². The van der Waals surface area contributed by atoms with Gasteiger partial charge < -0.3 is 5.73 Å². The lowest BCUT2D eigenvalue weighted by molar-refractivity contribution is 1.16. The Hall–Kier alpha value is -1.83. The van der Waals surface area contributed by atoms with E-state index in [9.17, 15) is 0 Å². The summed E-state index contributed by atoms with van der Waals surface area (Å²) in [4.78, 5) is 4.39. The van der Waals surface area contributed by atoms with Crippen molar-refractivity contribution in [1.29, 1.82) is 0 Å². The lowest BCUT2D eigenvalue weighted by Crippen LogP contribution is -2.02. The second-order valence-electron chi connectivity index (χ2n) is 5.37. The summed E-state index contributed by atoms with van der Waals surface area (Å²) in [5.74, 6) is 0.581. The normalized spacial score (nSPS) is 10.8. The Kier molecular flexibility index (Phi) is 3.36. The van der Waals surface area contributed by atoms with Crippen LogP contribution in [-0.2, 0) is 0 Å². The van der Waals surface area contributed by atoms with Gasteiger partial charge in [-0.25, -0.2) is 4.98 Å². The molecule has 0 aliphatic carbocycles. The molecule has 100 valence electrons. The molecule has 0 fully saturated rings. The van der Waals surface area contributed by atoms with Crippen molar-refractivity contribution >= 4 is 5.82 Å². The third-order valence-corrected chi connectivity index (χ3v) is 4.38. The maximum atomic E-state index is 5.75. The molecule has 0 aliphatic heterocycles. The largest absolute Gasteiger partial charge is 0.384 e. The first-order chi connectivity index (χ1) is 8.84. The summed E-state index contributed by atoms with van der Waals surface area (Å²) < 4.78 is 0. The molecule has 0 spiro atoms. The number of nitrogens with zero attached hydrogens (tertiary/aromatic N) is 1. The van der Waals surface area contributed by atoms with Gasteiger partial charge in [0.25, 0.3) is 0 Å². The first kappa shape index (κ1) is 13.6. The summed E-state index contributed by atoms with van der Waals surface area (Å²) in [7, 11) is 0. The summed E-state index contributed by atoms with van der Waals surface area (Å²) >= 11 is 0. The van der Waals surface area contributed by atoms with Crippen LogP contribution in [0, 0.1) is 41.5 Å². The summed E-state index contributed by atoms with van der Waals surface area (Å²) in [5.41, 5.74) is 16.1. The summed E-state index contributed by atoms with van der Waals surface area (Å²) in [6.45, 7) is 13.0. The molecule has 2 heteroatoms. The summed E-state index contributed by atoms with van der Waals surface area (Å²) in [6.07, 6.45) is 0. The third kappa shape index (κ3) is 2.12. The molecule has 1 heterocycles. The van der Waals surface area contributed by atoms with Gasteiger partial charge in [-0.15, -0.1) is 0 Å². The van der Waals surface area contributed by atoms with Gasteiger partial charge in [-0.3, -0.25) is 0 Å². The Morgan fingerprint density at radius 2 is 1.21 bits per heavy atom. The van der Waals surface area contributed by atoms with Crippen LogP contribution in [0.1, 0.15) is 33.5 Å². The summed E-state index contributed by atoms with van der Waals surface area (Å²) in [6, 6.07) is 3.97. The maximum absolute atomic E-state index is 5.75. The molecule has 2 N–H and O–H groups in total. The van der Waals surface area contributed by atoms with E-state index in [1.165, 1.54) is 38.9 Å². The Morgan fingerprint density at radius 3 is 1.68 bits per heavy atom. The quantitative estimate of drug-likeness (QED) is 0.829. The minimum atomic E-state index is 0.581. The average Bonchev–Trinajstić information content (AvgIpc) is 2.37. The highest BCUT2D eigenvalue weighted by Gasteiger charge is 2.15. The minimum Gasteiger partial charge on any atom is -0.384 e. The van der Waals surface area contributed by atoms with Gasteiger partial charge in [0.1, 0.15) is 5.82 Å². The van der Waals surface area contributed by atoms with Crippen molar-refractivity contribution in [3.8, 4) is 11.1 Å². The molecule has 2 rings (SSSR count). The van der Waals surface area contributed by atoms with Crippen LogP contribution in [0.4, 0.5) is 5.82 Å². The zero-order valence-corrected chi connectivity index (χ0v) is 12.7. The highest BCUT2D eigenvalue weighted by Crippen LogP contribution is 2.35. The highest BCUT2D eigenvalue weighted by molar-refractivity contribution is 5.76. The SMILES string of the molecule is Cc1nc(N)ccc1-c1c(C)c(C)c(C)c(C)c1C. The fourth-order valence-corrected chi connectivity index (χ4v) is 2.75. The van der Waals surface area contributed by atoms with Crippen LogP contribution >= 0.6 is 0 Å². The van der Waals surface area contributed by atoms with E-state index in [1.807, 2.05) is 13.0 Å². The Labute approximate surface area is 115 Å². The molecule has 0 saturated heterocycles.